The highest BCUT2D eigenvalue weighted by Gasteiger charge is 2.11. The summed E-state index contributed by atoms with van der Waals surface area (Å²) >= 11 is 1.54. The maximum absolute atomic E-state index is 9.33. The second kappa shape index (κ2) is 5.17. The Morgan fingerprint density at radius 2 is 2.14 bits per heavy atom. The standard InChI is InChI=1S/C9H15N3OS/c1-6(13)7(2)14-9-4-8(10-3)11-5-12-9/h4-7,13H,1-3H3,(H,10,11,12). The van der Waals surface area contributed by atoms with Crippen LogP contribution in [0.3, 0.4) is 0 Å². The molecule has 0 aromatic carbocycles. The van der Waals surface area contributed by atoms with Gasteiger partial charge in [-0.15, -0.1) is 11.8 Å². The Labute approximate surface area is 88.2 Å². The number of aliphatic hydroxyl groups is 1. The number of thioether (sulfide) groups is 1. The molecule has 2 atom stereocenters. The third-order valence-electron chi connectivity index (χ3n) is 1.88. The molecule has 0 bridgehead atoms. The van der Waals surface area contributed by atoms with E-state index in [1.165, 1.54) is 6.33 Å². The number of hydrogen-bond acceptors (Lipinski definition) is 5. The van der Waals surface area contributed by atoms with E-state index in [0.29, 0.717) is 0 Å². The smallest absolute Gasteiger partial charge is 0.130 e. The van der Waals surface area contributed by atoms with E-state index in [-0.39, 0.29) is 11.4 Å². The fourth-order valence-electron chi connectivity index (χ4n) is 0.830. The van der Waals surface area contributed by atoms with Crippen molar-refractivity contribution >= 4 is 17.6 Å². The van der Waals surface area contributed by atoms with Crippen LogP contribution in [0, 0.1) is 0 Å². The van der Waals surface area contributed by atoms with Crippen molar-refractivity contribution in [3.63, 3.8) is 0 Å². The molecule has 78 valence electrons. The minimum Gasteiger partial charge on any atom is -0.392 e. The maximum Gasteiger partial charge on any atom is 0.130 e. The predicted molar refractivity (Wildman–Crippen MR) is 58.6 cm³/mol. The fourth-order valence-corrected chi connectivity index (χ4v) is 1.70. The Hall–Kier alpha value is -0.810. The lowest BCUT2D eigenvalue weighted by atomic mass is 10.3. The lowest BCUT2D eigenvalue weighted by molar-refractivity contribution is 0.196. The third kappa shape index (κ3) is 3.16. The summed E-state index contributed by atoms with van der Waals surface area (Å²) in [4.78, 5) is 8.12. The lowest BCUT2D eigenvalue weighted by Gasteiger charge is -2.13. The van der Waals surface area contributed by atoms with Crippen LogP contribution in [0.1, 0.15) is 13.8 Å². The van der Waals surface area contributed by atoms with Crippen molar-refractivity contribution in [3.05, 3.63) is 12.4 Å². The Bertz CT molecular complexity index is 293. The van der Waals surface area contributed by atoms with Crippen molar-refractivity contribution in [1.82, 2.24) is 9.97 Å². The molecule has 0 radical (unpaired) electrons. The van der Waals surface area contributed by atoms with Crippen molar-refractivity contribution in [3.8, 4) is 0 Å². The molecule has 0 aliphatic rings. The van der Waals surface area contributed by atoms with Gasteiger partial charge in [0, 0.05) is 18.4 Å². The maximum atomic E-state index is 9.33. The van der Waals surface area contributed by atoms with Gasteiger partial charge in [0.05, 0.1) is 6.10 Å². The van der Waals surface area contributed by atoms with Crippen molar-refractivity contribution in [2.75, 3.05) is 12.4 Å². The molecule has 0 saturated carbocycles. The van der Waals surface area contributed by atoms with E-state index >= 15 is 0 Å². The summed E-state index contributed by atoms with van der Waals surface area (Å²) in [6, 6.07) is 1.86. The normalized spacial score (nSPS) is 14.9. The molecular formula is C9H15N3OS. The van der Waals surface area contributed by atoms with Crippen molar-refractivity contribution < 1.29 is 5.11 Å². The highest BCUT2D eigenvalue weighted by Crippen LogP contribution is 2.24. The molecule has 1 aromatic rings. The number of hydrogen-bond donors (Lipinski definition) is 2. The van der Waals surface area contributed by atoms with Gasteiger partial charge in [-0.1, -0.05) is 6.92 Å². The molecule has 14 heavy (non-hydrogen) atoms. The zero-order chi connectivity index (χ0) is 10.6. The van der Waals surface area contributed by atoms with Crippen LogP contribution in [-0.2, 0) is 0 Å². The second-order valence-corrected chi connectivity index (χ2v) is 4.45. The molecule has 0 fully saturated rings. The Kier molecular flexibility index (Phi) is 4.16. The van der Waals surface area contributed by atoms with Crippen LogP contribution in [0.25, 0.3) is 0 Å². The molecule has 4 nitrogen and oxygen atoms in total. The molecule has 0 saturated heterocycles. The first-order valence-electron chi connectivity index (χ1n) is 4.48. The summed E-state index contributed by atoms with van der Waals surface area (Å²) in [6.45, 7) is 3.74. The average molecular weight is 213 g/mol. The minimum atomic E-state index is -0.340. The Balaban J connectivity index is 2.66. The Morgan fingerprint density at radius 1 is 1.43 bits per heavy atom. The third-order valence-corrected chi connectivity index (χ3v) is 3.11. The zero-order valence-corrected chi connectivity index (χ0v) is 9.38. The van der Waals surface area contributed by atoms with Crippen LogP contribution < -0.4 is 5.32 Å². The molecule has 0 spiro atoms. The van der Waals surface area contributed by atoms with Gasteiger partial charge in [-0.2, -0.15) is 0 Å². The van der Waals surface area contributed by atoms with Crippen molar-refractivity contribution in [1.29, 1.82) is 0 Å². The minimum absolute atomic E-state index is 0.134. The van der Waals surface area contributed by atoms with Gasteiger partial charge in [-0.25, -0.2) is 9.97 Å². The van der Waals surface area contributed by atoms with Gasteiger partial charge in [0.2, 0.25) is 0 Å². The van der Waals surface area contributed by atoms with Crippen LogP contribution in [0.2, 0.25) is 0 Å². The van der Waals surface area contributed by atoms with Crippen molar-refractivity contribution in [2.24, 2.45) is 0 Å². The van der Waals surface area contributed by atoms with Gasteiger partial charge in [0.25, 0.3) is 0 Å². The Morgan fingerprint density at radius 3 is 2.71 bits per heavy atom. The van der Waals surface area contributed by atoms with Crippen LogP contribution >= 0.6 is 11.8 Å². The highest BCUT2D eigenvalue weighted by atomic mass is 32.2. The van der Waals surface area contributed by atoms with E-state index in [1.807, 2.05) is 20.0 Å². The average Bonchev–Trinajstić information content (AvgIpc) is 2.18. The summed E-state index contributed by atoms with van der Waals surface area (Å²) in [6.07, 6.45) is 1.18. The number of aromatic nitrogens is 2. The van der Waals surface area contributed by atoms with Crippen molar-refractivity contribution in [2.45, 2.75) is 30.2 Å². The van der Waals surface area contributed by atoms with E-state index in [4.69, 9.17) is 0 Å². The lowest BCUT2D eigenvalue weighted by Crippen LogP contribution is -2.15. The number of nitrogens with one attached hydrogen (secondary N) is 1. The van der Waals surface area contributed by atoms with Crippen LogP contribution in [0.15, 0.2) is 17.4 Å². The summed E-state index contributed by atoms with van der Waals surface area (Å²) in [5.41, 5.74) is 0. The van der Waals surface area contributed by atoms with Gasteiger partial charge in [-0.05, 0) is 6.92 Å². The van der Waals surface area contributed by atoms with Gasteiger partial charge in [0.15, 0.2) is 0 Å². The van der Waals surface area contributed by atoms with E-state index in [1.54, 1.807) is 18.7 Å². The molecule has 2 unspecified atom stereocenters. The summed E-state index contributed by atoms with van der Waals surface area (Å²) in [5.74, 6) is 0.792. The largest absolute Gasteiger partial charge is 0.392 e. The molecule has 5 heteroatoms. The number of aliphatic hydroxyl groups excluding tert-OH is 1. The summed E-state index contributed by atoms with van der Waals surface area (Å²) in [7, 11) is 1.81. The number of nitrogens with zero attached hydrogens (tertiary/aromatic N) is 2. The number of rotatable bonds is 4. The quantitative estimate of drug-likeness (QED) is 0.584. The van der Waals surface area contributed by atoms with Crippen LogP contribution in [-0.4, -0.2) is 33.5 Å². The topological polar surface area (TPSA) is 58.0 Å². The summed E-state index contributed by atoms with van der Waals surface area (Å²) in [5, 5.41) is 13.3. The molecular weight excluding hydrogens is 198 g/mol. The SMILES string of the molecule is CNc1cc(SC(C)C(C)O)ncn1. The van der Waals surface area contributed by atoms with Gasteiger partial charge in [0.1, 0.15) is 17.2 Å². The zero-order valence-electron chi connectivity index (χ0n) is 8.56. The van der Waals surface area contributed by atoms with Gasteiger partial charge < -0.3 is 10.4 Å². The van der Waals surface area contributed by atoms with E-state index in [2.05, 4.69) is 15.3 Å². The molecule has 0 amide bonds. The molecule has 0 aliphatic heterocycles. The second-order valence-electron chi connectivity index (χ2n) is 3.06. The first-order valence-corrected chi connectivity index (χ1v) is 5.36. The van der Waals surface area contributed by atoms with Crippen LogP contribution in [0.5, 0.6) is 0 Å². The molecule has 1 rings (SSSR count). The first-order chi connectivity index (χ1) is 6.63. The van der Waals surface area contributed by atoms with Gasteiger partial charge >= 0.3 is 0 Å². The fraction of sp³-hybridized carbons (Fsp3) is 0.556. The predicted octanol–water partition coefficient (Wildman–Crippen LogP) is 1.38. The summed E-state index contributed by atoms with van der Waals surface area (Å²) < 4.78 is 0. The first kappa shape index (κ1) is 11.3. The van der Waals surface area contributed by atoms with E-state index < -0.39 is 0 Å². The van der Waals surface area contributed by atoms with Gasteiger partial charge in [-0.3, -0.25) is 0 Å². The molecule has 1 aromatic heterocycles. The molecule has 0 aliphatic carbocycles. The monoisotopic (exact) mass is 213 g/mol. The number of anilines is 1. The van der Waals surface area contributed by atoms with E-state index in [9.17, 15) is 5.11 Å². The highest BCUT2D eigenvalue weighted by molar-refractivity contribution is 7.99. The van der Waals surface area contributed by atoms with Crippen LogP contribution in [0.4, 0.5) is 5.82 Å². The molecule has 1 heterocycles. The molecule has 2 N–H and O–H groups in total. The van der Waals surface area contributed by atoms with E-state index in [0.717, 1.165) is 10.8 Å².